The van der Waals surface area contributed by atoms with Gasteiger partial charge in [0, 0.05) is 11.7 Å². The predicted molar refractivity (Wildman–Crippen MR) is 132 cm³/mol. The van der Waals surface area contributed by atoms with Crippen molar-refractivity contribution in [3.63, 3.8) is 0 Å². The number of fused-ring (bicyclic) bond motifs is 1. The highest BCUT2D eigenvalue weighted by Gasteiger charge is 2.49. The van der Waals surface area contributed by atoms with Crippen LogP contribution in [-0.2, 0) is 11.3 Å². The second-order valence-corrected chi connectivity index (χ2v) is 10.5. The van der Waals surface area contributed by atoms with Crippen LogP contribution in [-0.4, -0.2) is 33.2 Å². The third-order valence-electron chi connectivity index (χ3n) is 6.95. The Bertz CT molecular complexity index is 1190. The maximum Gasteiger partial charge on any atom is 0.277 e. The summed E-state index contributed by atoms with van der Waals surface area (Å²) in [4.78, 5) is 30.4. The Kier molecular flexibility index (Phi) is 5.60. The molecular formula is C26H30N4O2S. The molecule has 0 spiro atoms. The van der Waals surface area contributed by atoms with Gasteiger partial charge in [-0.3, -0.25) is 19.2 Å². The SMILES string of the molecule is Cc1ccc(N2C(=O)c3cc(-c4cccs4)nn3CC2(C)C(=O)NC2CCCCC2)c(C)c1. The van der Waals surface area contributed by atoms with Crippen molar-refractivity contribution in [2.24, 2.45) is 0 Å². The van der Waals surface area contributed by atoms with Gasteiger partial charge in [0.15, 0.2) is 0 Å². The van der Waals surface area contributed by atoms with E-state index in [2.05, 4.69) is 11.4 Å². The zero-order valence-electron chi connectivity index (χ0n) is 19.4. The number of hydrogen-bond acceptors (Lipinski definition) is 4. The van der Waals surface area contributed by atoms with Crippen LogP contribution in [0.2, 0.25) is 0 Å². The minimum atomic E-state index is -1.08. The van der Waals surface area contributed by atoms with E-state index in [4.69, 9.17) is 5.10 Å². The van der Waals surface area contributed by atoms with E-state index in [1.54, 1.807) is 20.9 Å². The van der Waals surface area contributed by atoms with Gasteiger partial charge in [0.2, 0.25) is 5.91 Å². The van der Waals surface area contributed by atoms with E-state index >= 15 is 0 Å². The van der Waals surface area contributed by atoms with Crippen LogP contribution >= 0.6 is 11.3 Å². The van der Waals surface area contributed by atoms with Gasteiger partial charge in [0.1, 0.15) is 16.9 Å². The summed E-state index contributed by atoms with van der Waals surface area (Å²) >= 11 is 1.59. The number of aromatic nitrogens is 2. The molecule has 1 aliphatic carbocycles. The van der Waals surface area contributed by atoms with Crippen molar-refractivity contribution in [3.8, 4) is 10.6 Å². The fourth-order valence-corrected chi connectivity index (χ4v) is 5.83. The molecule has 1 fully saturated rings. The fourth-order valence-electron chi connectivity index (χ4n) is 5.15. The van der Waals surface area contributed by atoms with Crippen LogP contribution in [0.4, 0.5) is 5.69 Å². The molecule has 3 aromatic rings. The van der Waals surface area contributed by atoms with Crippen LogP contribution in [0, 0.1) is 13.8 Å². The molecule has 0 saturated heterocycles. The maximum atomic E-state index is 13.9. The average molecular weight is 463 g/mol. The Labute approximate surface area is 198 Å². The lowest BCUT2D eigenvalue weighted by Gasteiger charge is -2.44. The maximum absolute atomic E-state index is 13.9. The van der Waals surface area contributed by atoms with Crippen molar-refractivity contribution < 1.29 is 9.59 Å². The summed E-state index contributed by atoms with van der Waals surface area (Å²) in [6, 6.07) is 12.0. The second kappa shape index (κ2) is 8.45. The van der Waals surface area contributed by atoms with Crippen molar-refractivity contribution in [1.29, 1.82) is 0 Å². The summed E-state index contributed by atoms with van der Waals surface area (Å²) in [6.07, 6.45) is 5.48. The van der Waals surface area contributed by atoms with Crippen LogP contribution < -0.4 is 10.2 Å². The van der Waals surface area contributed by atoms with Gasteiger partial charge in [0.05, 0.1) is 11.4 Å². The third-order valence-corrected chi connectivity index (χ3v) is 7.84. The number of amides is 2. The smallest absolute Gasteiger partial charge is 0.277 e. The van der Waals surface area contributed by atoms with E-state index in [-0.39, 0.29) is 17.9 Å². The molecule has 1 atom stereocenters. The van der Waals surface area contributed by atoms with Gasteiger partial charge in [-0.2, -0.15) is 5.10 Å². The molecular weight excluding hydrogens is 432 g/mol. The van der Waals surface area contributed by atoms with Crippen LogP contribution in [0.25, 0.3) is 10.6 Å². The van der Waals surface area contributed by atoms with Gasteiger partial charge in [-0.25, -0.2) is 0 Å². The van der Waals surface area contributed by atoms with E-state index in [0.717, 1.165) is 53.1 Å². The Hall–Kier alpha value is -2.93. The molecule has 2 amide bonds. The number of carbonyl (C=O) groups is 2. The first-order valence-corrected chi connectivity index (χ1v) is 12.6. The van der Waals surface area contributed by atoms with Crippen LogP contribution in [0.3, 0.4) is 0 Å². The molecule has 2 aromatic heterocycles. The first kappa shape index (κ1) is 21.9. The van der Waals surface area contributed by atoms with E-state index < -0.39 is 5.54 Å². The Morgan fingerprint density at radius 2 is 1.94 bits per heavy atom. The normalized spacial score (nSPS) is 21.2. The molecule has 1 aromatic carbocycles. The zero-order valence-corrected chi connectivity index (χ0v) is 20.2. The largest absolute Gasteiger partial charge is 0.351 e. The molecule has 1 N–H and O–H groups in total. The monoisotopic (exact) mass is 462 g/mol. The van der Waals surface area contributed by atoms with Gasteiger partial charge in [-0.15, -0.1) is 11.3 Å². The number of carbonyl (C=O) groups excluding carboxylic acids is 2. The summed E-state index contributed by atoms with van der Waals surface area (Å²) < 4.78 is 1.72. The first-order valence-electron chi connectivity index (χ1n) is 11.7. The predicted octanol–water partition coefficient (Wildman–Crippen LogP) is 5.10. The molecule has 1 unspecified atom stereocenters. The molecule has 7 heteroatoms. The van der Waals surface area contributed by atoms with Crippen molar-refractivity contribution in [3.05, 3.63) is 58.6 Å². The van der Waals surface area contributed by atoms with Crippen molar-refractivity contribution in [2.45, 2.75) is 71.0 Å². The molecule has 0 bridgehead atoms. The highest BCUT2D eigenvalue weighted by molar-refractivity contribution is 7.13. The number of benzene rings is 1. The average Bonchev–Trinajstić information content (AvgIpc) is 3.46. The Morgan fingerprint density at radius 1 is 1.15 bits per heavy atom. The quantitative estimate of drug-likeness (QED) is 0.587. The molecule has 1 aliphatic heterocycles. The molecule has 3 heterocycles. The summed E-state index contributed by atoms with van der Waals surface area (Å²) in [5.41, 5.74) is 3.08. The van der Waals surface area contributed by atoms with Gasteiger partial charge in [-0.1, -0.05) is 43.0 Å². The van der Waals surface area contributed by atoms with Crippen molar-refractivity contribution in [2.75, 3.05) is 4.90 Å². The van der Waals surface area contributed by atoms with Gasteiger partial charge in [-0.05, 0) is 62.8 Å². The molecule has 6 nitrogen and oxygen atoms in total. The molecule has 2 aliphatic rings. The molecule has 5 rings (SSSR count). The minimum absolute atomic E-state index is 0.110. The third kappa shape index (κ3) is 3.88. The number of aryl methyl sites for hydroxylation is 2. The summed E-state index contributed by atoms with van der Waals surface area (Å²) in [5, 5.41) is 10.0. The van der Waals surface area contributed by atoms with Crippen LogP contribution in [0.5, 0.6) is 0 Å². The van der Waals surface area contributed by atoms with E-state index in [9.17, 15) is 9.59 Å². The van der Waals surface area contributed by atoms with E-state index in [0.29, 0.717) is 12.2 Å². The van der Waals surface area contributed by atoms with Crippen molar-refractivity contribution >= 4 is 28.8 Å². The van der Waals surface area contributed by atoms with E-state index in [1.165, 1.54) is 6.42 Å². The molecule has 33 heavy (non-hydrogen) atoms. The number of anilines is 1. The first-order chi connectivity index (χ1) is 15.9. The van der Waals surface area contributed by atoms with Gasteiger partial charge in [0.25, 0.3) is 5.91 Å². The molecule has 1 saturated carbocycles. The number of hydrogen-bond donors (Lipinski definition) is 1. The highest BCUT2D eigenvalue weighted by atomic mass is 32.1. The standard InChI is InChI=1S/C26H30N4O2S/c1-17-11-12-21(18(2)14-17)30-24(31)22-15-20(23-10-7-13-33-23)28-29(22)16-26(30,3)25(32)27-19-8-5-4-6-9-19/h7,10-15,19H,4-6,8-9,16H2,1-3H3,(H,27,32). The molecule has 172 valence electrons. The second-order valence-electron chi connectivity index (χ2n) is 9.56. The summed E-state index contributed by atoms with van der Waals surface area (Å²) in [6.45, 7) is 6.22. The number of rotatable bonds is 4. The Balaban J connectivity index is 1.58. The molecule has 0 radical (unpaired) electrons. The van der Waals surface area contributed by atoms with Crippen LogP contribution in [0.15, 0.2) is 41.8 Å². The highest BCUT2D eigenvalue weighted by Crippen LogP contribution is 2.37. The number of nitrogens with one attached hydrogen (secondary N) is 1. The zero-order chi connectivity index (χ0) is 23.2. The lowest BCUT2D eigenvalue weighted by Crippen LogP contribution is -2.65. The van der Waals surface area contributed by atoms with E-state index in [1.807, 2.05) is 56.5 Å². The van der Waals surface area contributed by atoms with Gasteiger partial charge >= 0.3 is 0 Å². The Morgan fingerprint density at radius 3 is 2.64 bits per heavy atom. The van der Waals surface area contributed by atoms with Crippen LogP contribution in [0.1, 0.15) is 60.6 Å². The summed E-state index contributed by atoms with van der Waals surface area (Å²) in [7, 11) is 0. The fraction of sp³-hybridized carbons (Fsp3) is 0.423. The topological polar surface area (TPSA) is 67.2 Å². The number of thiophene rings is 1. The minimum Gasteiger partial charge on any atom is -0.351 e. The lowest BCUT2D eigenvalue weighted by molar-refractivity contribution is -0.127. The van der Waals surface area contributed by atoms with Gasteiger partial charge < -0.3 is 5.32 Å². The lowest BCUT2D eigenvalue weighted by atomic mass is 9.90. The summed E-state index contributed by atoms with van der Waals surface area (Å²) in [5.74, 6) is -0.300. The number of nitrogens with zero attached hydrogens (tertiary/aromatic N) is 3. The van der Waals surface area contributed by atoms with Crippen molar-refractivity contribution in [1.82, 2.24) is 15.1 Å².